The molecule has 5 heteroatoms. The van der Waals surface area contributed by atoms with E-state index < -0.39 is 5.60 Å². The van der Waals surface area contributed by atoms with Crippen LogP contribution in [-0.4, -0.2) is 64.1 Å². The van der Waals surface area contributed by atoms with Gasteiger partial charge in [-0.05, 0) is 76.2 Å². The third-order valence-electron chi connectivity index (χ3n) is 6.40. The molecule has 3 heterocycles. The molecule has 1 atom stereocenters. The van der Waals surface area contributed by atoms with Crippen molar-refractivity contribution >= 4 is 16.8 Å². The molecule has 0 saturated carbocycles. The van der Waals surface area contributed by atoms with Crippen molar-refractivity contribution in [2.24, 2.45) is 0 Å². The fourth-order valence-electron chi connectivity index (χ4n) is 4.94. The van der Waals surface area contributed by atoms with Crippen LogP contribution in [0.4, 0.5) is 0 Å². The predicted octanol–water partition coefficient (Wildman–Crippen LogP) is 3.16. The number of aromatic nitrogens is 1. The number of benzene rings is 1. The Bertz CT molecular complexity index is 866. The van der Waals surface area contributed by atoms with Gasteiger partial charge in [0.2, 0.25) is 0 Å². The fraction of sp³-hybridized carbons (Fsp3) is 0.591. The number of nitrogens with one attached hydrogen (secondary N) is 1. The highest BCUT2D eigenvalue weighted by molar-refractivity contribution is 6.02. The van der Waals surface area contributed by atoms with E-state index in [9.17, 15) is 9.90 Å². The maximum atomic E-state index is 13.3. The number of amides is 1. The Kier molecular flexibility index (Phi) is 4.77. The summed E-state index contributed by atoms with van der Waals surface area (Å²) in [5.74, 6) is 0.0158. The van der Waals surface area contributed by atoms with Gasteiger partial charge in [-0.1, -0.05) is 12.1 Å². The Morgan fingerprint density at radius 3 is 2.52 bits per heavy atom. The first-order valence-electron chi connectivity index (χ1n) is 10.2. The monoisotopic (exact) mass is 369 g/mol. The van der Waals surface area contributed by atoms with Crippen LogP contribution in [-0.2, 0) is 0 Å². The number of carbonyl (C=O) groups excluding carboxylic acids is 1. The number of rotatable bonds is 3. The molecule has 2 N–H and O–H groups in total. The highest BCUT2D eigenvalue weighted by Gasteiger charge is 2.38. The van der Waals surface area contributed by atoms with Crippen molar-refractivity contribution < 1.29 is 9.90 Å². The zero-order valence-electron chi connectivity index (χ0n) is 16.8. The molecule has 4 rings (SSSR count). The highest BCUT2D eigenvalue weighted by Crippen LogP contribution is 2.30. The third kappa shape index (κ3) is 3.39. The summed E-state index contributed by atoms with van der Waals surface area (Å²) >= 11 is 0. The lowest BCUT2D eigenvalue weighted by atomic mass is 9.92. The number of likely N-dealkylation sites (tertiary alicyclic amines) is 2. The quantitative estimate of drug-likeness (QED) is 0.874. The lowest BCUT2D eigenvalue weighted by molar-refractivity contribution is -0.0432. The normalized spacial score (nSPS) is 24.1. The number of carbonyl (C=O) groups is 1. The third-order valence-corrected chi connectivity index (χ3v) is 6.40. The van der Waals surface area contributed by atoms with Crippen LogP contribution in [0.25, 0.3) is 10.9 Å². The number of β-amino-alcohol motifs (C(OH)–C–C–N with tert-alkyl or cyclic N) is 1. The molecule has 0 unspecified atom stereocenters. The summed E-state index contributed by atoms with van der Waals surface area (Å²) in [6, 6.07) is 4.21. The van der Waals surface area contributed by atoms with E-state index in [0.717, 1.165) is 48.0 Å². The summed E-state index contributed by atoms with van der Waals surface area (Å²) < 4.78 is 0. The molecule has 5 nitrogen and oxygen atoms in total. The number of hydrogen-bond donors (Lipinski definition) is 2. The zero-order chi connectivity index (χ0) is 19.2. The Morgan fingerprint density at radius 1 is 1.11 bits per heavy atom. The number of H-pyrrole nitrogens is 1. The van der Waals surface area contributed by atoms with Gasteiger partial charge in [-0.25, -0.2) is 0 Å². The molecular weight excluding hydrogens is 338 g/mol. The number of hydrogen-bond acceptors (Lipinski definition) is 3. The van der Waals surface area contributed by atoms with Crippen LogP contribution in [0.5, 0.6) is 0 Å². The molecule has 2 saturated heterocycles. The predicted molar refractivity (Wildman–Crippen MR) is 108 cm³/mol. The number of fused-ring (bicyclic) bond motifs is 1. The second-order valence-electron chi connectivity index (χ2n) is 8.61. The molecule has 2 aromatic rings. The number of aryl methyl sites for hydroxylation is 3. The summed E-state index contributed by atoms with van der Waals surface area (Å²) in [5, 5.41) is 12.3. The van der Waals surface area contributed by atoms with Crippen molar-refractivity contribution in [3.63, 3.8) is 0 Å². The molecule has 0 spiro atoms. The molecule has 0 bridgehead atoms. The summed E-state index contributed by atoms with van der Waals surface area (Å²) in [4.78, 5) is 20.9. The molecule has 1 aromatic carbocycles. The Hall–Kier alpha value is -1.85. The van der Waals surface area contributed by atoms with Gasteiger partial charge in [-0.3, -0.25) is 4.79 Å². The molecule has 0 radical (unpaired) electrons. The van der Waals surface area contributed by atoms with E-state index >= 15 is 0 Å². The second-order valence-corrected chi connectivity index (χ2v) is 8.61. The van der Waals surface area contributed by atoms with Crippen molar-refractivity contribution in [2.75, 3.05) is 32.7 Å². The number of nitrogens with zero attached hydrogens (tertiary/aromatic N) is 2. The minimum Gasteiger partial charge on any atom is -0.387 e. The van der Waals surface area contributed by atoms with Crippen molar-refractivity contribution in [3.05, 3.63) is 34.5 Å². The Labute approximate surface area is 161 Å². The molecule has 27 heavy (non-hydrogen) atoms. The van der Waals surface area contributed by atoms with Crippen LogP contribution in [0, 0.1) is 20.8 Å². The van der Waals surface area contributed by atoms with Crippen molar-refractivity contribution in [1.82, 2.24) is 14.8 Å². The summed E-state index contributed by atoms with van der Waals surface area (Å²) in [7, 11) is 0. The highest BCUT2D eigenvalue weighted by atomic mass is 16.3. The topological polar surface area (TPSA) is 59.6 Å². The lowest BCUT2D eigenvalue weighted by Crippen LogP contribution is -2.55. The fourth-order valence-corrected chi connectivity index (χ4v) is 4.94. The molecule has 1 amide bonds. The van der Waals surface area contributed by atoms with Gasteiger partial charge < -0.3 is 19.9 Å². The summed E-state index contributed by atoms with van der Waals surface area (Å²) in [6.07, 6.45) is 4.06. The molecule has 2 aliphatic rings. The van der Waals surface area contributed by atoms with E-state index in [0.29, 0.717) is 25.3 Å². The van der Waals surface area contributed by atoms with Gasteiger partial charge >= 0.3 is 0 Å². The first kappa shape index (κ1) is 18.5. The van der Waals surface area contributed by atoms with Crippen molar-refractivity contribution in [3.8, 4) is 0 Å². The number of aliphatic hydroxyl groups is 1. The molecular formula is C22H31N3O2. The van der Waals surface area contributed by atoms with E-state index in [4.69, 9.17) is 0 Å². The minimum atomic E-state index is -0.788. The first-order valence-corrected chi connectivity index (χ1v) is 10.2. The molecule has 1 aromatic heterocycles. The van der Waals surface area contributed by atoms with Gasteiger partial charge in [0.05, 0.1) is 12.1 Å². The van der Waals surface area contributed by atoms with Crippen LogP contribution in [0.2, 0.25) is 0 Å². The average molecular weight is 370 g/mol. The standard InChI is InChI=1S/C22H31N3O2/c1-15-7-8-16(2)19-18(15)17(3)20(23-19)21(26)25-12-6-9-22(27,14-25)13-24-10-4-5-11-24/h7-8,23,27H,4-6,9-14H2,1-3H3/t22-/m1/s1. The maximum absolute atomic E-state index is 13.3. The van der Waals surface area contributed by atoms with E-state index in [1.165, 1.54) is 18.4 Å². The van der Waals surface area contributed by atoms with E-state index in [1.807, 2.05) is 11.8 Å². The number of piperidine rings is 1. The van der Waals surface area contributed by atoms with Gasteiger partial charge in [0, 0.05) is 24.0 Å². The summed E-state index contributed by atoms with van der Waals surface area (Å²) in [5.41, 5.74) is 4.30. The maximum Gasteiger partial charge on any atom is 0.270 e. The van der Waals surface area contributed by atoms with Gasteiger partial charge in [0.1, 0.15) is 5.69 Å². The summed E-state index contributed by atoms with van der Waals surface area (Å²) in [6.45, 7) is 10.1. The minimum absolute atomic E-state index is 0.0158. The molecule has 2 aliphatic heterocycles. The first-order chi connectivity index (χ1) is 12.9. The largest absolute Gasteiger partial charge is 0.387 e. The Balaban J connectivity index is 1.59. The molecule has 2 fully saturated rings. The van der Waals surface area contributed by atoms with E-state index in [-0.39, 0.29) is 5.91 Å². The van der Waals surface area contributed by atoms with Gasteiger partial charge in [-0.15, -0.1) is 0 Å². The lowest BCUT2D eigenvalue weighted by Gasteiger charge is -2.41. The zero-order valence-corrected chi connectivity index (χ0v) is 16.8. The van der Waals surface area contributed by atoms with Gasteiger partial charge in [0.25, 0.3) is 5.91 Å². The van der Waals surface area contributed by atoms with Gasteiger partial charge in [-0.2, -0.15) is 0 Å². The number of aromatic amines is 1. The smallest absolute Gasteiger partial charge is 0.270 e. The molecule has 146 valence electrons. The van der Waals surface area contributed by atoms with Crippen LogP contribution < -0.4 is 0 Å². The van der Waals surface area contributed by atoms with Gasteiger partial charge in [0.15, 0.2) is 0 Å². The SMILES string of the molecule is Cc1ccc(C)c2c(C)c(C(=O)N3CCC[C@@](O)(CN4CCCC4)C3)[nH]c12. The van der Waals surface area contributed by atoms with Crippen molar-refractivity contribution in [1.29, 1.82) is 0 Å². The van der Waals surface area contributed by atoms with Crippen molar-refractivity contribution in [2.45, 2.75) is 52.1 Å². The second kappa shape index (κ2) is 6.95. The van der Waals surface area contributed by atoms with Crippen LogP contribution in [0.15, 0.2) is 12.1 Å². The van der Waals surface area contributed by atoms with E-state index in [2.05, 4.69) is 35.9 Å². The van der Waals surface area contributed by atoms with E-state index in [1.54, 1.807) is 0 Å². The Morgan fingerprint density at radius 2 is 1.81 bits per heavy atom. The van der Waals surface area contributed by atoms with Crippen LogP contribution in [0.1, 0.15) is 52.9 Å². The average Bonchev–Trinajstić information content (AvgIpc) is 3.25. The van der Waals surface area contributed by atoms with Crippen LogP contribution in [0.3, 0.4) is 0 Å². The van der Waals surface area contributed by atoms with Crippen LogP contribution >= 0.6 is 0 Å². The molecule has 0 aliphatic carbocycles.